The minimum atomic E-state index is 0.535. The summed E-state index contributed by atoms with van der Waals surface area (Å²) < 4.78 is 0. The van der Waals surface area contributed by atoms with Gasteiger partial charge in [0, 0.05) is 12.6 Å². The third kappa shape index (κ3) is 6.62. The molecule has 12 heavy (non-hydrogen) atoms. The molecule has 3 N–H and O–H groups in total. The monoisotopic (exact) mass is 172 g/mol. The van der Waals surface area contributed by atoms with Crippen molar-refractivity contribution >= 4 is 0 Å². The van der Waals surface area contributed by atoms with Crippen molar-refractivity contribution in [2.24, 2.45) is 11.7 Å². The van der Waals surface area contributed by atoms with E-state index < -0.39 is 0 Å². The Morgan fingerprint density at radius 1 is 1.33 bits per heavy atom. The fourth-order valence-corrected chi connectivity index (χ4v) is 1.16. The number of unbranched alkanes of at least 4 members (excludes halogenated alkanes) is 1. The first kappa shape index (κ1) is 11.9. The van der Waals surface area contributed by atoms with Crippen LogP contribution in [-0.2, 0) is 0 Å². The lowest BCUT2D eigenvalue weighted by Gasteiger charge is -2.17. The minimum Gasteiger partial charge on any atom is -0.329 e. The van der Waals surface area contributed by atoms with Gasteiger partial charge in [-0.25, -0.2) is 0 Å². The van der Waals surface area contributed by atoms with Crippen molar-refractivity contribution in [3.63, 3.8) is 0 Å². The molecule has 1 atom stereocenters. The van der Waals surface area contributed by atoms with Crippen LogP contribution < -0.4 is 11.1 Å². The average Bonchev–Trinajstić information content (AvgIpc) is 2.05. The molecule has 0 aromatic carbocycles. The SMILES string of the molecule is CCCCC(CN)NCC(C)C. The van der Waals surface area contributed by atoms with Gasteiger partial charge in [-0.15, -0.1) is 0 Å². The first-order chi connectivity index (χ1) is 5.70. The molecular weight excluding hydrogens is 148 g/mol. The Kier molecular flexibility index (Phi) is 7.51. The van der Waals surface area contributed by atoms with Gasteiger partial charge >= 0.3 is 0 Å². The highest BCUT2D eigenvalue weighted by Crippen LogP contribution is 2.00. The molecule has 74 valence electrons. The maximum absolute atomic E-state index is 5.64. The van der Waals surface area contributed by atoms with Crippen molar-refractivity contribution in [3.05, 3.63) is 0 Å². The first-order valence-corrected chi connectivity index (χ1v) is 5.14. The maximum atomic E-state index is 5.64. The molecule has 2 heteroatoms. The topological polar surface area (TPSA) is 38.0 Å². The summed E-state index contributed by atoms with van der Waals surface area (Å²) in [6.07, 6.45) is 3.77. The van der Waals surface area contributed by atoms with E-state index in [1.54, 1.807) is 0 Å². The molecule has 0 radical (unpaired) electrons. The van der Waals surface area contributed by atoms with E-state index >= 15 is 0 Å². The molecule has 2 nitrogen and oxygen atoms in total. The molecule has 0 saturated heterocycles. The molecule has 0 aromatic rings. The van der Waals surface area contributed by atoms with Gasteiger partial charge in [-0.3, -0.25) is 0 Å². The Balaban J connectivity index is 3.39. The fraction of sp³-hybridized carbons (Fsp3) is 1.00. The highest BCUT2D eigenvalue weighted by Gasteiger charge is 2.04. The van der Waals surface area contributed by atoms with Gasteiger partial charge in [-0.1, -0.05) is 33.6 Å². The zero-order valence-electron chi connectivity index (χ0n) is 8.77. The third-order valence-electron chi connectivity index (χ3n) is 2.01. The van der Waals surface area contributed by atoms with E-state index in [1.165, 1.54) is 19.3 Å². The van der Waals surface area contributed by atoms with E-state index in [2.05, 4.69) is 26.1 Å². The zero-order chi connectivity index (χ0) is 9.40. The fourth-order valence-electron chi connectivity index (χ4n) is 1.16. The smallest absolute Gasteiger partial charge is 0.0190 e. The van der Waals surface area contributed by atoms with Crippen molar-refractivity contribution in [2.45, 2.75) is 46.1 Å². The summed E-state index contributed by atoms with van der Waals surface area (Å²) in [4.78, 5) is 0. The van der Waals surface area contributed by atoms with E-state index in [0.717, 1.165) is 19.0 Å². The van der Waals surface area contributed by atoms with Crippen LogP contribution in [0.2, 0.25) is 0 Å². The van der Waals surface area contributed by atoms with Crippen LogP contribution in [0.15, 0.2) is 0 Å². The molecule has 0 bridgehead atoms. The van der Waals surface area contributed by atoms with E-state index in [0.29, 0.717) is 6.04 Å². The molecule has 0 aliphatic heterocycles. The minimum absolute atomic E-state index is 0.535. The Bertz CT molecular complexity index is 91.8. The molecule has 0 saturated carbocycles. The van der Waals surface area contributed by atoms with Gasteiger partial charge in [-0.2, -0.15) is 0 Å². The molecule has 0 amide bonds. The summed E-state index contributed by atoms with van der Waals surface area (Å²) in [5.41, 5.74) is 5.64. The predicted molar refractivity (Wildman–Crippen MR) is 55.2 cm³/mol. The van der Waals surface area contributed by atoms with Gasteiger partial charge < -0.3 is 11.1 Å². The maximum Gasteiger partial charge on any atom is 0.0190 e. The summed E-state index contributed by atoms with van der Waals surface area (Å²) in [5, 5.41) is 3.48. The van der Waals surface area contributed by atoms with Crippen LogP contribution in [0.4, 0.5) is 0 Å². The van der Waals surface area contributed by atoms with Crippen LogP contribution in [0.3, 0.4) is 0 Å². The molecule has 1 unspecified atom stereocenters. The summed E-state index contributed by atoms with van der Waals surface area (Å²) in [7, 11) is 0. The normalized spacial score (nSPS) is 13.8. The third-order valence-corrected chi connectivity index (χ3v) is 2.01. The average molecular weight is 172 g/mol. The summed E-state index contributed by atoms with van der Waals surface area (Å²) >= 11 is 0. The molecular formula is C10H24N2. The van der Waals surface area contributed by atoms with E-state index in [4.69, 9.17) is 5.73 Å². The quantitative estimate of drug-likeness (QED) is 0.614. The molecule has 0 spiro atoms. The lowest BCUT2D eigenvalue weighted by Crippen LogP contribution is -2.38. The molecule has 0 fully saturated rings. The molecule has 0 heterocycles. The second-order valence-corrected chi connectivity index (χ2v) is 3.88. The predicted octanol–water partition coefficient (Wildman–Crippen LogP) is 1.75. The van der Waals surface area contributed by atoms with Gasteiger partial charge in [0.2, 0.25) is 0 Å². The molecule has 0 aromatic heterocycles. The van der Waals surface area contributed by atoms with Gasteiger partial charge in [-0.05, 0) is 18.9 Å². The van der Waals surface area contributed by atoms with Crippen LogP contribution in [0.25, 0.3) is 0 Å². The number of nitrogens with one attached hydrogen (secondary N) is 1. The van der Waals surface area contributed by atoms with Crippen molar-refractivity contribution in [1.29, 1.82) is 0 Å². The Morgan fingerprint density at radius 2 is 2.00 bits per heavy atom. The van der Waals surface area contributed by atoms with Crippen molar-refractivity contribution in [3.8, 4) is 0 Å². The van der Waals surface area contributed by atoms with Crippen molar-refractivity contribution in [2.75, 3.05) is 13.1 Å². The zero-order valence-corrected chi connectivity index (χ0v) is 8.77. The van der Waals surface area contributed by atoms with Gasteiger partial charge in [0.1, 0.15) is 0 Å². The molecule has 0 rings (SSSR count). The van der Waals surface area contributed by atoms with Crippen LogP contribution in [0, 0.1) is 5.92 Å². The summed E-state index contributed by atoms with van der Waals surface area (Å²) in [6.45, 7) is 8.52. The standard InChI is InChI=1S/C10H24N2/c1-4-5-6-10(7-11)12-8-9(2)3/h9-10,12H,4-8,11H2,1-3H3. The number of nitrogens with two attached hydrogens (primary N) is 1. The lowest BCUT2D eigenvalue weighted by atomic mass is 10.1. The summed E-state index contributed by atoms with van der Waals surface area (Å²) in [6, 6.07) is 0.535. The van der Waals surface area contributed by atoms with Gasteiger partial charge in [0.25, 0.3) is 0 Å². The van der Waals surface area contributed by atoms with Gasteiger partial charge in [0.15, 0.2) is 0 Å². The van der Waals surface area contributed by atoms with Crippen molar-refractivity contribution < 1.29 is 0 Å². The number of hydrogen-bond donors (Lipinski definition) is 2. The van der Waals surface area contributed by atoms with Crippen LogP contribution in [0.1, 0.15) is 40.0 Å². The largest absolute Gasteiger partial charge is 0.329 e. The Morgan fingerprint density at radius 3 is 2.42 bits per heavy atom. The highest BCUT2D eigenvalue weighted by atomic mass is 14.9. The highest BCUT2D eigenvalue weighted by molar-refractivity contribution is 4.67. The number of rotatable bonds is 7. The van der Waals surface area contributed by atoms with Crippen molar-refractivity contribution in [1.82, 2.24) is 5.32 Å². The molecule has 0 aliphatic rings. The number of hydrogen-bond acceptors (Lipinski definition) is 2. The second-order valence-electron chi connectivity index (χ2n) is 3.88. The summed E-state index contributed by atoms with van der Waals surface area (Å²) in [5.74, 6) is 0.723. The van der Waals surface area contributed by atoms with E-state index in [1.807, 2.05) is 0 Å². The van der Waals surface area contributed by atoms with Crippen LogP contribution in [-0.4, -0.2) is 19.1 Å². The Hall–Kier alpha value is -0.0800. The Labute approximate surface area is 76.9 Å². The molecule has 0 aliphatic carbocycles. The van der Waals surface area contributed by atoms with Gasteiger partial charge in [0.05, 0.1) is 0 Å². The van der Waals surface area contributed by atoms with E-state index in [9.17, 15) is 0 Å². The first-order valence-electron chi connectivity index (χ1n) is 5.14. The van der Waals surface area contributed by atoms with Crippen LogP contribution in [0.5, 0.6) is 0 Å². The second kappa shape index (κ2) is 7.56. The van der Waals surface area contributed by atoms with E-state index in [-0.39, 0.29) is 0 Å². The lowest BCUT2D eigenvalue weighted by molar-refractivity contribution is 0.436. The van der Waals surface area contributed by atoms with Crippen LogP contribution >= 0.6 is 0 Å².